The van der Waals surface area contributed by atoms with Crippen LogP contribution >= 0.6 is 0 Å². The number of amides is 1. The van der Waals surface area contributed by atoms with Crippen molar-refractivity contribution in [2.45, 2.75) is 26.9 Å². The van der Waals surface area contributed by atoms with E-state index in [1.54, 1.807) is 6.07 Å². The molecule has 0 bridgehead atoms. The standard InChI is InChI=1S/C20H20N2O3/c1-13(2)24-16-10-8-15(9-11-16)19-12-18(22-25-19)20(23)21-17-7-5-4-6-14(17)3/h4-13H,1-3H3,(H,21,23). The first-order valence-corrected chi connectivity index (χ1v) is 8.14. The highest BCUT2D eigenvalue weighted by atomic mass is 16.5. The van der Waals surface area contributed by atoms with Gasteiger partial charge in [-0.2, -0.15) is 0 Å². The van der Waals surface area contributed by atoms with Crippen molar-refractivity contribution in [1.82, 2.24) is 5.16 Å². The maximum Gasteiger partial charge on any atom is 0.277 e. The van der Waals surface area contributed by atoms with Crippen LogP contribution in [0, 0.1) is 6.92 Å². The number of hydrogen-bond acceptors (Lipinski definition) is 4. The molecule has 0 saturated heterocycles. The first-order valence-electron chi connectivity index (χ1n) is 8.14. The second-order valence-electron chi connectivity index (χ2n) is 6.04. The van der Waals surface area contributed by atoms with Gasteiger partial charge in [0.05, 0.1) is 6.10 Å². The largest absolute Gasteiger partial charge is 0.491 e. The molecule has 0 aliphatic carbocycles. The molecule has 25 heavy (non-hydrogen) atoms. The Bertz CT molecular complexity index is 867. The molecule has 0 aliphatic rings. The van der Waals surface area contributed by atoms with Crippen LogP contribution in [0.2, 0.25) is 0 Å². The lowest BCUT2D eigenvalue weighted by molar-refractivity contribution is 0.101. The predicted molar refractivity (Wildman–Crippen MR) is 96.8 cm³/mol. The van der Waals surface area contributed by atoms with E-state index in [0.717, 1.165) is 22.6 Å². The summed E-state index contributed by atoms with van der Waals surface area (Å²) in [5.41, 5.74) is 2.81. The molecule has 5 nitrogen and oxygen atoms in total. The van der Waals surface area contributed by atoms with E-state index < -0.39 is 0 Å². The molecular formula is C20H20N2O3. The van der Waals surface area contributed by atoms with Gasteiger partial charge >= 0.3 is 0 Å². The second kappa shape index (κ2) is 7.21. The SMILES string of the molecule is Cc1ccccc1NC(=O)c1cc(-c2ccc(OC(C)C)cc2)on1. The number of hydrogen-bond donors (Lipinski definition) is 1. The van der Waals surface area contributed by atoms with Gasteiger partial charge in [0.25, 0.3) is 5.91 Å². The maximum atomic E-state index is 12.3. The number of carbonyl (C=O) groups excluding carboxylic acids is 1. The molecule has 0 aliphatic heterocycles. The van der Waals surface area contributed by atoms with Gasteiger partial charge in [0, 0.05) is 17.3 Å². The number of nitrogens with zero attached hydrogens (tertiary/aromatic N) is 1. The highest BCUT2D eigenvalue weighted by Gasteiger charge is 2.14. The summed E-state index contributed by atoms with van der Waals surface area (Å²) in [6.07, 6.45) is 0.118. The predicted octanol–water partition coefficient (Wildman–Crippen LogP) is 4.69. The van der Waals surface area contributed by atoms with Gasteiger partial charge < -0.3 is 14.6 Å². The van der Waals surface area contributed by atoms with Gasteiger partial charge in [-0.25, -0.2) is 0 Å². The lowest BCUT2D eigenvalue weighted by Gasteiger charge is -2.09. The molecule has 128 valence electrons. The quantitative estimate of drug-likeness (QED) is 0.734. The van der Waals surface area contributed by atoms with Crippen molar-refractivity contribution in [2.24, 2.45) is 0 Å². The van der Waals surface area contributed by atoms with E-state index in [4.69, 9.17) is 9.26 Å². The lowest BCUT2D eigenvalue weighted by atomic mass is 10.1. The van der Waals surface area contributed by atoms with Crippen molar-refractivity contribution in [3.05, 3.63) is 65.9 Å². The fraction of sp³-hybridized carbons (Fsp3) is 0.200. The van der Waals surface area contributed by atoms with Gasteiger partial charge in [-0.05, 0) is 56.7 Å². The monoisotopic (exact) mass is 336 g/mol. The minimum Gasteiger partial charge on any atom is -0.491 e. The molecular weight excluding hydrogens is 316 g/mol. The third kappa shape index (κ3) is 4.07. The highest BCUT2D eigenvalue weighted by molar-refractivity contribution is 6.03. The van der Waals surface area contributed by atoms with Crippen molar-refractivity contribution in [3.63, 3.8) is 0 Å². The summed E-state index contributed by atoms with van der Waals surface area (Å²) in [5.74, 6) is 1.02. The van der Waals surface area contributed by atoms with Crippen LogP contribution in [0.1, 0.15) is 29.9 Å². The second-order valence-corrected chi connectivity index (χ2v) is 6.04. The van der Waals surface area contributed by atoms with Crippen LogP contribution in [0.3, 0.4) is 0 Å². The van der Waals surface area contributed by atoms with Gasteiger partial charge in [-0.1, -0.05) is 23.4 Å². The Hall–Kier alpha value is -3.08. The van der Waals surface area contributed by atoms with Gasteiger partial charge in [-0.15, -0.1) is 0 Å². The number of anilines is 1. The smallest absolute Gasteiger partial charge is 0.277 e. The van der Waals surface area contributed by atoms with Crippen LogP contribution in [-0.2, 0) is 0 Å². The number of aryl methyl sites for hydroxylation is 1. The number of ether oxygens (including phenoxy) is 1. The van der Waals surface area contributed by atoms with Crippen LogP contribution in [0.5, 0.6) is 5.75 Å². The maximum absolute atomic E-state index is 12.3. The van der Waals surface area contributed by atoms with Gasteiger partial charge in [0.15, 0.2) is 11.5 Å². The molecule has 1 aromatic heterocycles. The van der Waals surface area contributed by atoms with Crippen molar-refractivity contribution >= 4 is 11.6 Å². The summed E-state index contributed by atoms with van der Waals surface area (Å²) < 4.78 is 10.9. The third-order valence-electron chi connectivity index (χ3n) is 3.65. The average Bonchev–Trinajstić information content (AvgIpc) is 3.07. The Morgan fingerprint density at radius 1 is 1.12 bits per heavy atom. The van der Waals surface area contributed by atoms with Crippen LogP contribution < -0.4 is 10.1 Å². The minimum atomic E-state index is -0.302. The van der Waals surface area contributed by atoms with E-state index in [0.29, 0.717) is 5.76 Å². The summed E-state index contributed by atoms with van der Waals surface area (Å²) >= 11 is 0. The van der Waals surface area contributed by atoms with E-state index in [-0.39, 0.29) is 17.7 Å². The van der Waals surface area contributed by atoms with E-state index in [1.165, 1.54) is 0 Å². The molecule has 5 heteroatoms. The minimum absolute atomic E-state index is 0.118. The van der Waals surface area contributed by atoms with Crippen molar-refractivity contribution < 1.29 is 14.1 Å². The number of aromatic nitrogens is 1. The van der Waals surface area contributed by atoms with Crippen LogP contribution in [0.4, 0.5) is 5.69 Å². The molecule has 0 radical (unpaired) electrons. The van der Waals surface area contributed by atoms with E-state index in [2.05, 4.69) is 10.5 Å². The van der Waals surface area contributed by atoms with Crippen LogP contribution in [0.25, 0.3) is 11.3 Å². The summed E-state index contributed by atoms with van der Waals surface area (Å²) in [6, 6.07) is 16.7. The summed E-state index contributed by atoms with van der Waals surface area (Å²) in [5, 5.41) is 6.71. The molecule has 0 atom stereocenters. The molecule has 0 saturated carbocycles. The van der Waals surface area contributed by atoms with E-state index in [1.807, 2.05) is 69.3 Å². The Labute approximate surface area is 146 Å². The zero-order valence-electron chi connectivity index (χ0n) is 14.4. The lowest BCUT2D eigenvalue weighted by Crippen LogP contribution is -2.12. The van der Waals surface area contributed by atoms with Gasteiger partial charge in [0.2, 0.25) is 0 Å². The van der Waals surface area contributed by atoms with Crippen molar-refractivity contribution in [3.8, 4) is 17.1 Å². The molecule has 0 spiro atoms. The number of carbonyl (C=O) groups is 1. The zero-order valence-corrected chi connectivity index (χ0v) is 14.4. The molecule has 0 unspecified atom stereocenters. The summed E-state index contributed by atoms with van der Waals surface area (Å²) in [7, 11) is 0. The number of nitrogens with one attached hydrogen (secondary N) is 1. The van der Waals surface area contributed by atoms with Crippen molar-refractivity contribution in [2.75, 3.05) is 5.32 Å². The van der Waals surface area contributed by atoms with Gasteiger partial charge in [0.1, 0.15) is 5.75 Å². The zero-order chi connectivity index (χ0) is 17.8. The molecule has 2 aromatic carbocycles. The molecule has 0 fully saturated rings. The number of rotatable bonds is 5. The Morgan fingerprint density at radius 2 is 1.84 bits per heavy atom. The first-order chi connectivity index (χ1) is 12.0. The van der Waals surface area contributed by atoms with E-state index >= 15 is 0 Å². The molecule has 3 rings (SSSR count). The van der Waals surface area contributed by atoms with Crippen molar-refractivity contribution in [1.29, 1.82) is 0 Å². The number of para-hydroxylation sites is 1. The van der Waals surface area contributed by atoms with Crippen LogP contribution in [0.15, 0.2) is 59.1 Å². The average molecular weight is 336 g/mol. The topological polar surface area (TPSA) is 64.4 Å². The molecule has 1 heterocycles. The fourth-order valence-corrected chi connectivity index (χ4v) is 2.39. The summed E-state index contributed by atoms with van der Waals surface area (Å²) in [6.45, 7) is 5.89. The van der Waals surface area contributed by atoms with E-state index in [9.17, 15) is 4.79 Å². The molecule has 3 aromatic rings. The Kier molecular flexibility index (Phi) is 4.84. The summed E-state index contributed by atoms with van der Waals surface area (Å²) in [4.78, 5) is 12.3. The first kappa shape index (κ1) is 16.8. The third-order valence-corrected chi connectivity index (χ3v) is 3.65. The van der Waals surface area contributed by atoms with Crippen LogP contribution in [-0.4, -0.2) is 17.2 Å². The number of benzene rings is 2. The Morgan fingerprint density at radius 3 is 2.52 bits per heavy atom. The fourth-order valence-electron chi connectivity index (χ4n) is 2.39. The highest BCUT2D eigenvalue weighted by Crippen LogP contribution is 2.24. The normalized spacial score (nSPS) is 10.7. The molecule has 1 amide bonds. The Balaban J connectivity index is 1.73. The molecule has 1 N–H and O–H groups in total. The van der Waals surface area contributed by atoms with Gasteiger partial charge in [-0.3, -0.25) is 4.79 Å².